The Balaban J connectivity index is 2.27. The average molecular weight is 183 g/mol. The third-order valence-corrected chi connectivity index (χ3v) is 1.96. The second-order valence-electron chi connectivity index (χ2n) is 2.94. The molecule has 70 valence electrons. The van der Waals surface area contributed by atoms with Gasteiger partial charge in [0, 0.05) is 6.07 Å². The molecule has 0 unspecified atom stereocenters. The predicted octanol–water partition coefficient (Wildman–Crippen LogP) is 0.991. The fourth-order valence-electron chi connectivity index (χ4n) is 1.29. The summed E-state index contributed by atoms with van der Waals surface area (Å²) in [5, 5.41) is 11.9. The van der Waals surface area contributed by atoms with E-state index in [4.69, 9.17) is 9.84 Å². The number of hydrogen-bond donors (Lipinski definition) is 2. The summed E-state index contributed by atoms with van der Waals surface area (Å²) < 4.78 is 18.1. The van der Waals surface area contributed by atoms with Gasteiger partial charge in [0.05, 0.1) is 18.8 Å². The van der Waals surface area contributed by atoms with Gasteiger partial charge in [0.1, 0.15) is 17.7 Å². The lowest BCUT2D eigenvalue weighted by atomic mass is 10.2. The van der Waals surface area contributed by atoms with E-state index in [0.29, 0.717) is 12.3 Å². The first-order valence-corrected chi connectivity index (χ1v) is 4.10. The molecule has 0 fully saturated rings. The molecule has 1 aliphatic rings. The monoisotopic (exact) mass is 183 g/mol. The van der Waals surface area contributed by atoms with Crippen LogP contribution < -0.4 is 10.1 Å². The largest absolute Gasteiger partial charge is 0.484 e. The molecule has 0 aliphatic carbocycles. The van der Waals surface area contributed by atoms with Crippen LogP contribution in [0.2, 0.25) is 0 Å². The summed E-state index contributed by atoms with van der Waals surface area (Å²) in [6.07, 6.45) is -0.283. The number of halogens is 1. The molecule has 0 aromatic heterocycles. The summed E-state index contributed by atoms with van der Waals surface area (Å²) >= 11 is 0. The van der Waals surface area contributed by atoms with Gasteiger partial charge in [-0.05, 0) is 12.1 Å². The van der Waals surface area contributed by atoms with Crippen LogP contribution in [0.3, 0.4) is 0 Å². The SMILES string of the molecule is OC[C@@H]1CNc2ccc(F)cc2O1. The second kappa shape index (κ2) is 3.22. The Morgan fingerprint density at radius 1 is 1.62 bits per heavy atom. The van der Waals surface area contributed by atoms with Gasteiger partial charge in [0.2, 0.25) is 0 Å². The first kappa shape index (κ1) is 8.31. The van der Waals surface area contributed by atoms with Gasteiger partial charge in [0.25, 0.3) is 0 Å². The summed E-state index contributed by atoms with van der Waals surface area (Å²) in [5.41, 5.74) is 0.770. The minimum Gasteiger partial charge on any atom is -0.484 e. The highest BCUT2D eigenvalue weighted by molar-refractivity contribution is 5.57. The van der Waals surface area contributed by atoms with Gasteiger partial charge < -0.3 is 15.2 Å². The molecule has 1 atom stereocenters. The minimum atomic E-state index is -0.334. The van der Waals surface area contributed by atoms with E-state index in [1.807, 2.05) is 0 Å². The van der Waals surface area contributed by atoms with E-state index in [1.54, 1.807) is 6.07 Å². The summed E-state index contributed by atoms with van der Waals surface area (Å²) in [7, 11) is 0. The molecule has 2 rings (SSSR count). The van der Waals surface area contributed by atoms with E-state index >= 15 is 0 Å². The Hall–Kier alpha value is -1.29. The summed E-state index contributed by atoms with van der Waals surface area (Å²) in [6.45, 7) is 0.484. The number of fused-ring (bicyclic) bond motifs is 1. The zero-order valence-electron chi connectivity index (χ0n) is 6.96. The molecule has 0 saturated heterocycles. The number of hydrogen-bond acceptors (Lipinski definition) is 3. The quantitative estimate of drug-likeness (QED) is 0.682. The van der Waals surface area contributed by atoms with Gasteiger partial charge in [0.15, 0.2) is 0 Å². The molecule has 0 radical (unpaired) electrons. The molecular formula is C9H10FNO2. The number of ether oxygens (including phenoxy) is 1. The third kappa shape index (κ3) is 1.58. The lowest BCUT2D eigenvalue weighted by molar-refractivity contribution is 0.119. The molecule has 1 heterocycles. The van der Waals surface area contributed by atoms with Gasteiger partial charge in [-0.25, -0.2) is 4.39 Å². The van der Waals surface area contributed by atoms with E-state index in [-0.39, 0.29) is 18.5 Å². The van der Waals surface area contributed by atoms with Crippen molar-refractivity contribution in [3.63, 3.8) is 0 Å². The highest BCUT2D eigenvalue weighted by Crippen LogP contribution is 2.29. The lowest BCUT2D eigenvalue weighted by Crippen LogP contribution is -2.33. The number of aliphatic hydroxyl groups is 1. The molecular weight excluding hydrogens is 173 g/mol. The van der Waals surface area contributed by atoms with Gasteiger partial charge in [-0.15, -0.1) is 0 Å². The van der Waals surface area contributed by atoms with Crippen molar-refractivity contribution in [1.29, 1.82) is 0 Å². The number of aliphatic hydroxyl groups excluding tert-OH is 1. The number of benzene rings is 1. The molecule has 0 saturated carbocycles. The number of anilines is 1. The van der Waals surface area contributed by atoms with Crippen LogP contribution in [0.1, 0.15) is 0 Å². The van der Waals surface area contributed by atoms with Gasteiger partial charge in [-0.3, -0.25) is 0 Å². The normalized spacial score (nSPS) is 20.0. The Morgan fingerprint density at radius 2 is 2.46 bits per heavy atom. The van der Waals surface area contributed by atoms with Crippen LogP contribution in [0.25, 0.3) is 0 Å². The standard InChI is InChI=1S/C9H10FNO2/c10-6-1-2-8-9(3-6)13-7(5-12)4-11-8/h1-3,7,11-12H,4-5H2/t7-/m0/s1. The van der Waals surface area contributed by atoms with Gasteiger partial charge in [-0.2, -0.15) is 0 Å². The fraction of sp³-hybridized carbons (Fsp3) is 0.333. The predicted molar refractivity (Wildman–Crippen MR) is 46.4 cm³/mol. The van der Waals surface area contributed by atoms with Crippen LogP contribution in [0.5, 0.6) is 5.75 Å². The zero-order valence-corrected chi connectivity index (χ0v) is 6.96. The maximum absolute atomic E-state index is 12.8. The van der Waals surface area contributed by atoms with Crippen LogP contribution >= 0.6 is 0 Å². The third-order valence-electron chi connectivity index (χ3n) is 1.96. The molecule has 3 nitrogen and oxygen atoms in total. The zero-order chi connectivity index (χ0) is 9.26. The van der Waals surface area contributed by atoms with E-state index in [0.717, 1.165) is 5.69 Å². The van der Waals surface area contributed by atoms with Crippen molar-refractivity contribution < 1.29 is 14.2 Å². The Kier molecular flexibility index (Phi) is 2.06. The summed E-state index contributed by atoms with van der Waals surface area (Å²) in [6, 6.07) is 4.30. The topological polar surface area (TPSA) is 41.5 Å². The van der Waals surface area contributed by atoms with Crippen molar-refractivity contribution in [2.75, 3.05) is 18.5 Å². The van der Waals surface area contributed by atoms with E-state index < -0.39 is 0 Å². The molecule has 13 heavy (non-hydrogen) atoms. The molecule has 1 aromatic rings. The molecule has 0 amide bonds. The fourth-order valence-corrected chi connectivity index (χ4v) is 1.29. The van der Waals surface area contributed by atoms with Crippen molar-refractivity contribution in [3.8, 4) is 5.75 Å². The highest BCUT2D eigenvalue weighted by Gasteiger charge is 2.18. The average Bonchev–Trinajstić information content (AvgIpc) is 2.16. The number of nitrogens with one attached hydrogen (secondary N) is 1. The lowest BCUT2D eigenvalue weighted by Gasteiger charge is -2.25. The first-order valence-electron chi connectivity index (χ1n) is 4.10. The molecule has 0 spiro atoms. The maximum atomic E-state index is 12.8. The first-order chi connectivity index (χ1) is 6.29. The van der Waals surface area contributed by atoms with Crippen molar-refractivity contribution >= 4 is 5.69 Å². The van der Waals surface area contributed by atoms with Crippen LogP contribution in [-0.4, -0.2) is 24.4 Å². The van der Waals surface area contributed by atoms with Crippen molar-refractivity contribution in [1.82, 2.24) is 0 Å². The Morgan fingerprint density at radius 3 is 3.23 bits per heavy atom. The van der Waals surface area contributed by atoms with E-state index in [2.05, 4.69) is 5.32 Å². The molecule has 1 aromatic carbocycles. The summed E-state index contributed by atoms with van der Waals surface area (Å²) in [4.78, 5) is 0. The summed E-state index contributed by atoms with van der Waals surface area (Å²) in [5.74, 6) is 0.129. The number of rotatable bonds is 1. The van der Waals surface area contributed by atoms with Gasteiger partial charge >= 0.3 is 0 Å². The molecule has 4 heteroatoms. The molecule has 1 aliphatic heterocycles. The van der Waals surface area contributed by atoms with Crippen LogP contribution in [0.15, 0.2) is 18.2 Å². The second-order valence-corrected chi connectivity index (χ2v) is 2.94. The van der Waals surface area contributed by atoms with Gasteiger partial charge in [-0.1, -0.05) is 0 Å². The van der Waals surface area contributed by atoms with E-state index in [1.165, 1.54) is 12.1 Å². The Bertz CT molecular complexity index is 316. The van der Waals surface area contributed by atoms with Crippen molar-refractivity contribution in [2.24, 2.45) is 0 Å². The maximum Gasteiger partial charge on any atom is 0.145 e. The van der Waals surface area contributed by atoms with E-state index in [9.17, 15) is 4.39 Å². The van der Waals surface area contributed by atoms with Crippen LogP contribution in [0.4, 0.5) is 10.1 Å². The molecule has 0 bridgehead atoms. The van der Waals surface area contributed by atoms with Crippen molar-refractivity contribution in [2.45, 2.75) is 6.10 Å². The van der Waals surface area contributed by atoms with Crippen molar-refractivity contribution in [3.05, 3.63) is 24.0 Å². The molecule has 2 N–H and O–H groups in total. The van der Waals surface area contributed by atoms with Crippen LogP contribution in [-0.2, 0) is 0 Å². The Labute approximate surface area is 75.1 Å². The smallest absolute Gasteiger partial charge is 0.145 e. The highest BCUT2D eigenvalue weighted by atomic mass is 19.1. The van der Waals surface area contributed by atoms with Crippen LogP contribution in [0, 0.1) is 5.82 Å². The minimum absolute atomic E-state index is 0.0665.